The molecule has 2 aromatic rings. The van der Waals surface area contributed by atoms with Gasteiger partial charge in [0.25, 0.3) is 0 Å². The van der Waals surface area contributed by atoms with E-state index in [9.17, 15) is 5.11 Å². The van der Waals surface area contributed by atoms with Crippen LogP contribution in [0.15, 0.2) is 47.1 Å². The van der Waals surface area contributed by atoms with Gasteiger partial charge in [0.2, 0.25) is 0 Å². The molecule has 2 heterocycles. The molecular weight excluding hydrogens is 300 g/mol. The fraction of sp³-hybridized carbons (Fsp3) is 0.500. The first-order valence-corrected chi connectivity index (χ1v) is 8.89. The van der Waals surface area contributed by atoms with Crippen LogP contribution >= 0.6 is 0 Å². The van der Waals surface area contributed by atoms with Crippen molar-refractivity contribution in [2.45, 2.75) is 38.9 Å². The Morgan fingerprint density at radius 1 is 1.21 bits per heavy atom. The first-order chi connectivity index (χ1) is 11.7. The van der Waals surface area contributed by atoms with Crippen LogP contribution in [0, 0.1) is 0 Å². The van der Waals surface area contributed by atoms with Gasteiger partial charge in [0, 0.05) is 50.4 Å². The molecule has 1 aromatic heterocycles. The molecule has 0 unspecified atom stereocenters. The minimum Gasteiger partial charge on any atom is -0.464 e. The van der Waals surface area contributed by atoms with Gasteiger partial charge in [-0.3, -0.25) is 9.80 Å². The maximum absolute atomic E-state index is 9.38. The third kappa shape index (κ3) is 4.07. The van der Waals surface area contributed by atoms with Crippen molar-refractivity contribution in [1.82, 2.24) is 9.80 Å². The highest BCUT2D eigenvalue weighted by molar-refractivity contribution is 5.58. The first-order valence-electron chi connectivity index (χ1n) is 8.89. The van der Waals surface area contributed by atoms with Crippen LogP contribution in [0.1, 0.15) is 25.8 Å². The molecule has 1 fully saturated rings. The molecule has 4 heteroatoms. The monoisotopic (exact) mass is 328 g/mol. The largest absolute Gasteiger partial charge is 0.464 e. The maximum atomic E-state index is 9.38. The average Bonchev–Trinajstić information content (AvgIpc) is 3.10. The second kappa shape index (κ2) is 7.97. The van der Waals surface area contributed by atoms with E-state index in [1.54, 1.807) is 6.26 Å². The molecule has 0 bridgehead atoms. The fourth-order valence-electron chi connectivity index (χ4n) is 3.69. The molecule has 24 heavy (non-hydrogen) atoms. The van der Waals surface area contributed by atoms with Crippen LogP contribution in [0.4, 0.5) is 0 Å². The number of hydrogen-bond donors (Lipinski definition) is 1. The third-order valence-electron chi connectivity index (χ3n) is 4.88. The Bertz CT molecular complexity index is 624. The highest BCUT2D eigenvalue weighted by Crippen LogP contribution is 2.23. The highest BCUT2D eigenvalue weighted by atomic mass is 16.3. The van der Waals surface area contributed by atoms with Crippen LogP contribution in [0.25, 0.3) is 11.3 Å². The van der Waals surface area contributed by atoms with Crippen LogP contribution in [-0.2, 0) is 6.54 Å². The normalized spacial score (nSPS) is 19.9. The number of benzene rings is 1. The highest BCUT2D eigenvalue weighted by Gasteiger charge is 2.28. The molecule has 0 radical (unpaired) electrons. The molecule has 3 rings (SSSR count). The lowest BCUT2D eigenvalue weighted by atomic mass is 10.0. The summed E-state index contributed by atoms with van der Waals surface area (Å²) in [6.45, 7) is 8.85. The number of piperazine rings is 1. The van der Waals surface area contributed by atoms with E-state index >= 15 is 0 Å². The zero-order valence-electron chi connectivity index (χ0n) is 14.7. The van der Waals surface area contributed by atoms with E-state index in [0.29, 0.717) is 12.1 Å². The van der Waals surface area contributed by atoms with Gasteiger partial charge in [0.1, 0.15) is 5.76 Å². The van der Waals surface area contributed by atoms with E-state index in [0.717, 1.165) is 43.9 Å². The molecule has 0 saturated carbocycles. The van der Waals surface area contributed by atoms with Crippen molar-refractivity contribution in [3.63, 3.8) is 0 Å². The van der Waals surface area contributed by atoms with Crippen molar-refractivity contribution in [2.24, 2.45) is 0 Å². The molecule has 0 amide bonds. The Balaban J connectivity index is 1.67. The summed E-state index contributed by atoms with van der Waals surface area (Å²) in [5, 5.41) is 9.38. The summed E-state index contributed by atoms with van der Waals surface area (Å²) in [7, 11) is 0. The van der Waals surface area contributed by atoms with Gasteiger partial charge in [-0.05, 0) is 44.0 Å². The SMILES string of the molecule is CC(C)N1CCN(Cc2cccc(-c3ccco3)c2)C[C@@H]1CCO. The molecule has 1 aliphatic rings. The van der Waals surface area contributed by atoms with E-state index in [-0.39, 0.29) is 6.61 Å². The van der Waals surface area contributed by atoms with Crippen molar-refractivity contribution in [3.05, 3.63) is 48.2 Å². The van der Waals surface area contributed by atoms with Crippen molar-refractivity contribution < 1.29 is 9.52 Å². The van der Waals surface area contributed by atoms with Gasteiger partial charge >= 0.3 is 0 Å². The van der Waals surface area contributed by atoms with Crippen LogP contribution in [0.2, 0.25) is 0 Å². The van der Waals surface area contributed by atoms with Crippen molar-refractivity contribution >= 4 is 0 Å². The molecule has 130 valence electrons. The summed E-state index contributed by atoms with van der Waals surface area (Å²) in [6, 6.07) is 13.5. The van der Waals surface area contributed by atoms with Gasteiger partial charge in [0.15, 0.2) is 0 Å². The molecule has 1 atom stereocenters. The van der Waals surface area contributed by atoms with E-state index in [1.807, 2.05) is 12.1 Å². The summed E-state index contributed by atoms with van der Waals surface area (Å²) >= 11 is 0. The summed E-state index contributed by atoms with van der Waals surface area (Å²) < 4.78 is 5.51. The summed E-state index contributed by atoms with van der Waals surface area (Å²) in [4.78, 5) is 5.02. The second-order valence-electron chi connectivity index (χ2n) is 6.91. The first kappa shape index (κ1) is 17.2. The van der Waals surface area contributed by atoms with Crippen molar-refractivity contribution in [2.75, 3.05) is 26.2 Å². The molecule has 1 aromatic carbocycles. The van der Waals surface area contributed by atoms with E-state index in [2.05, 4.69) is 47.9 Å². The maximum Gasteiger partial charge on any atom is 0.133 e. The fourth-order valence-corrected chi connectivity index (χ4v) is 3.69. The van der Waals surface area contributed by atoms with Gasteiger partial charge in [-0.25, -0.2) is 0 Å². The molecule has 1 aliphatic heterocycles. The Hall–Kier alpha value is -1.62. The predicted molar refractivity (Wildman–Crippen MR) is 96.8 cm³/mol. The average molecular weight is 328 g/mol. The summed E-state index contributed by atoms with van der Waals surface area (Å²) in [6.07, 6.45) is 2.56. The lowest BCUT2D eigenvalue weighted by molar-refractivity contribution is 0.0349. The lowest BCUT2D eigenvalue weighted by Crippen LogP contribution is -2.55. The molecule has 1 saturated heterocycles. The molecule has 0 aliphatic carbocycles. The Labute approximate surface area is 144 Å². The Morgan fingerprint density at radius 3 is 2.79 bits per heavy atom. The molecule has 0 spiro atoms. The molecule has 4 nitrogen and oxygen atoms in total. The number of rotatable bonds is 6. The standard InChI is InChI=1S/C20H28N2O2/c1-16(2)22-10-9-21(15-19(22)8-11-23)14-17-5-3-6-18(13-17)20-7-4-12-24-20/h3-7,12-13,16,19,23H,8-11,14-15H2,1-2H3/t19-/m0/s1. The van der Waals surface area contributed by atoms with Crippen molar-refractivity contribution in [1.29, 1.82) is 0 Å². The second-order valence-corrected chi connectivity index (χ2v) is 6.91. The number of furan rings is 1. The summed E-state index contributed by atoms with van der Waals surface area (Å²) in [5.74, 6) is 0.916. The van der Waals surface area contributed by atoms with Gasteiger partial charge in [-0.1, -0.05) is 18.2 Å². The van der Waals surface area contributed by atoms with E-state index < -0.39 is 0 Å². The van der Waals surface area contributed by atoms with Crippen LogP contribution in [-0.4, -0.2) is 53.2 Å². The smallest absolute Gasteiger partial charge is 0.133 e. The topological polar surface area (TPSA) is 39.9 Å². The van der Waals surface area contributed by atoms with Gasteiger partial charge < -0.3 is 9.52 Å². The summed E-state index contributed by atoms with van der Waals surface area (Å²) in [5.41, 5.74) is 2.44. The number of aliphatic hydroxyl groups excluding tert-OH is 1. The zero-order chi connectivity index (χ0) is 16.9. The molecule has 1 N–H and O–H groups in total. The van der Waals surface area contributed by atoms with Gasteiger partial charge in [0.05, 0.1) is 6.26 Å². The molecular formula is C20H28N2O2. The van der Waals surface area contributed by atoms with Crippen LogP contribution in [0.5, 0.6) is 0 Å². The Morgan fingerprint density at radius 2 is 2.08 bits per heavy atom. The number of hydrogen-bond acceptors (Lipinski definition) is 4. The van der Waals surface area contributed by atoms with E-state index in [4.69, 9.17) is 4.42 Å². The van der Waals surface area contributed by atoms with E-state index in [1.165, 1.54) is 5.56 Å². The number of aliphatic hydroxyl groups is 1. The predicted octanol–water partition coefficient (Wildman–Crippen LogP) is 3.22. The van der Waals surface area contributed by atoms with Gasteiger partial charge in [-0.15, -0.1) is 0 Å². The zero-order valence-corrected chi connectivity index (χ0v) is 14.7. The Kier molecular flexibility index (Phi) is 5.72. The van der Waals surface area contributed by atoms with Crippen LogP contribution < -0.4 is 0 Å². The quantitative estimate of drug-likeness (QED) is 0.884. The van der Waals surface area contributed by atoms with Crippen molar-refractivity contribution in [3.8, 4) is 11.3 Å². The third-order valence-corrected chi connectivity index (χ3v) is 4.88. The number of nitrogens with zero attached hydrogens (tertiary/aromatic N) is 2. The minimum absolute atomic E-state index is 0.260. The van der Waals surface area contributed by atoms with Crippen LogP contribution in [0.3, 0.4) is 0 Å². The lowest BCUT2D eigenvalue weighted by Gasteiger charge is -2.43. The van der Waals surface area contributed by atoms with Gasteiger partial charge in [-0.2, -0.15) is 0 Å². The minimum atomic E-state index is 0.260.